The third-order valence-corrected chi connectivity index (χ3v) is 6.56. The highest BCUT2D eigenvalue weighted by Crippen LogP contribution is 2.27. The lowest BCUT2D eigenvalue weighted by molar-refractivity contribution is -0.140. The molecule has 3 aromatic rings. The molecule has 9 nitrogen and oxygen atoms in total. The first kappa shape index (κ1) is 31.7. The number of benzene rings is 3. The van der Waals surface area contributed by atoms with Gasteiger partial charge in [0.1, 0.15) is 30.0 Å². The van der Waals surface area contributed by atoms with Crippen molar-refractivity contribution in [3.8, 4) is 11.8 Å². The van der Waals surface area contributed by atoms with E-state index in [0.717, 1.165) is 16.7 Å². The number of carbonyl (C=O) groups is 3. The van der Waals surface area contributed by atoms with Gasteiger partial charge in [0.05, 0.1) is 13.2 Å². The Kier molecular flexibility index (Phi) is 10.7. The number of ether oxygens (including phenoxy) is 2. The Hall–Kier alpha value is -4.84. The van der Waals surface area contributed by atoms with Crippen LogP contribution in [0.1, 0.15) is 49.1 Å². The molecule has 0 bridgehead atoms. The minimum atomic E-state index is -1.17. The molecule has 42 heavy (non-hydrogen) atoms. The lowest BCUT2D eigenvalue weighted by atomic mass is 9.97. The molecule has 0 saturated carbocycles. The second-order valence-corrected chi connectivity index (χ2v) is 11.0. The fourth-order valence-corrected chi connectivity index (χ4v) is 4.37. The van der Waals surface area contributed by atoms with E-state index in [9.17, 15) is 19.6 Å². The molecule has 2 atom stereocenters. The fourth-order valence-electron chi connectivity index (χ4n) is 4.37. The Morgan fingerprint density at radius 3 is 2.19 bits per heavy atom. The van der Waals surface area contributed by atoms with Crippen LogP contribution in [0, 0.1) is 25.2 Å². The van der Waals surface area contributed by atoms with Gasteiger partial charge in [-0.2, -0.15) is 5.26 Å². The van der Waals surface area contributed by atoms with Crippen LogP contribution in [0.2, 0.25) is 0 Å². The molecule has 0 radical (unpaired) electrons. The first-order valence-corrected chi connectivity index (χ1v) is 13.6. The summed E-state index contributed by atoms with van der Waals surface area (Å²) in [4.78, 5) is 42.2. The zero-order chi connectivity index (χ0) is 30.9. The van der Waals surface area contributed by atoms with Crippen molar-refractivity contribution in [2.24, 2.45) is 0 Å². The highest BCUT2D eigenvalue weighted by Gasteiger charge is 2.36. The second kappa shape index (κ2) is 14.2. The van der Waals surface area contributed by atoms with Crippen LogP contribution in [0.15, 0.2) is 72.8 Å². The number of methoxy groups -OCH3 is 1. The molecule has 0 aliphatic rings. The number of hydrogen-bond donors (Lipinski definition) is 2. The first-order valence-electron chi connectivity index (χ1n) is 13.6. The Morgan fingerprint density at radius 1 is 0.952 bits per heavy atom. The maximum absolute atomic E-state index is 14.3. The van der Waals surface area contributed by atoms with Gasteiger partial charge < -0.3 is 25.0 Å². The number of hydrogen-bond acceptors (Lipinski definition) is 6. The molecular formula is C33H38N4O5. The predicted octanol–water partition coefficient (Wildman–Crippen LogP) is 5.48. The Balaban J connectivity index is 2.05. The van der Waals surface area contributed by atoms with Crippen LogP contribution in [-0.4, -0.2) is 48.1 Å². The average molecular weight is 571 g/mol. The fraction of sp³-hybridized carbons (Fsp3) is 0.333. The minimum Gasteiger partial charge on any atom is -0.497 e. The van der Waals surface area contributed by atoms with Crippen molar-refractivity contribution in [3.05, 3.63) is 95.1 Å². The van der Waals surface area contributed by atoms with Gasteiger partial charge in [0.2, 0.25) is 5.91 Å². The molecule has 3 amide bonds. The number of carbonyl (C=O) groups excluding carboxylic acids is 3. The van der Waals surface area contributed by atoms with Gasteiger partial charge in [0.15, 0.2) is 0 Å². The number of aryl methyl sites for hydroxylation is 2. The topological polar surface area (TPSA) is 121 Å². The van der Waals surface area contributed by atoms with Crippen LogP contribution in [0.5, 0.6) is 5.75 Å². The van der Waals surface area contributed by atoms with Crippen molar-refractivity contribution >= 4 is 23.6 Å². The van der Waals surface area contributed by atoms with Crippen molar-refractivity contribution in [2.45, 2.75) is 58.7 Å². The molecule has 0 fully saturated rings. The molecule has 3 aromatic carbocycles. The summed E-state index contributed by atoms with van der Waals surface area (Å²) < 4.78 is 10.6. The number of rotatable bonds is 10. The number of alkyl carbamates (subject to hydrolysis) is 1. The summed E-state index contributed by atoms with van der Waals surface area (Å²) in [5.41, 5.74) is 2.95. The van der Waals surface area contributed by atoms with Crippen molar-refractivity contribution in [1.82, 2.24) is 10.2 Å². The Morgan fingerprint density at radius 2 is 1.62 bits per heavy atom. The van der Waals surface area contributed by atoms with E-state index in [0.29, 0.717) is 17.0 Å². The van der Waals surface area contributed by atoms with Crippen LogP contribution in [0.3, 0.4) is 0 Å². The van der Waals surface area contributed by atoms with E-state index in [2.05, 4.69) is 10.6 Å². The maximum Gasteiger partial charge on any atom is 0.408 e. The van der Waals surface area contributed by atoms with Gasteiger partial charge in [-0.3, -0.25) is 9.59 Å². The largest absolute Gasteiger partial charge is 0.497 e. The van der Waals surface area contributed by atoms with Gasteiger partial charge in [-0.05, 0) is 81.1 Å². The number of nitrogens with zero attached hydrogens (tertiary/aromatic N) is 2. The lowest BCUT2D eigenvalue weighted by Crippen LogP contribution is -2.53. The summed E-state index contributed by atoms with van der Waals surface area (Å²) in [6, 6.07) is 21.2. The summed E-state index contributed by atoms with van der Waals surface area (Å²) in [7, 11) is 1.55. The maximum atomic E-state index is 14.3. The molecule has 3 rings (SSSR count). The molecule has 0 heterocycles. The molecule has 9 heteroatoms. The average Bonchev–Trinajstić information content (AvgIpc) is 2.94. The smallest absolute Gasteiger partial charge is 0.408 e. The SMILES string of the molecule is COc1ccc(NC(=O)C(c2ccc(C)c(C)c2)N(CC#N)C(=O)C(Cc2ccccc2)NC(=O)OC(C)(C)C)cc1. The quantitative estimate of drug-likeness (QED) is 0.312. The van der Waals surface area contributed by atoms with Crippen molar-refractivity contribution in [2.75, 3.05) is 19.0 Å². The molecule has 0 aromatic heterocycles. The van der Waals surface area contributed by atoms with Gasteiger partial charge in [-0.15, -0.1) is 0 Å². The van der Waals surface area contributed by atoms with Crippen LogP contribution in [-0.2, 0) is 20.7 Å². The number of anilines is 1. The summed E-state index contributed by atoms with van der Waals surface area (Å²) in [6.07, 6.45) is -0.653. The number of nitriles is 1. The molecule has 0 saturated heterocycles. The Labute approximate surface area is 247 Å². The minimum absolute atomic E-state index is 0.126. The normalized spacial score (nSPS) is 12.3. The van der Waals surface area contributed by atoms with Crippen LogP contribution in [0.4, 0.5) is 10.5 Å². The predicted molar refractivity (Wildman–Crippen MR) is 161 cm³/mol. The van der Waals surface area contributed by atoms with Gasteiger partial charge in [-0.1, -0.05) is 48.5 Å². The molecule has 2 unspecified atom stereocenters. The summed E-state index contributed by atoms with van der Waals surface area (Å²) in [5, 5.41) is 15.4. The van der Waals surface area contributed by atoms with E-state index in [4.69, 9.17) is 9.47 Å². The first-order chi connectivity index (χ1) is 19.9. The van der Waals surface area contributed by atoms with Crippen LogP contribution < -0.4 is 15.4 Å². The second-order valence-electron chi connectivity index (χ2n) is 11.0. The highest BCUT2D eigenvalue weighted by atomic mass is 16.6. The van der Waals surface area contributed by atoms with Gasteiger partial charge >= 0.3 is 6.09 Å². The van der Waals surface area contributed by atoms with E-state index in [1.807, 2.05) is 62.4 Å². The van der Waals surface area contributed by atoms with Crippen LogP contribution in [0.25, 0.3) is 0 Å². The van der Waals surface area contributed by atoms with E-state index in [-0.39, 0.29) is 6.42 Å². The molecule has 0 aliphatic heterocycles. The summed E-state index contributed by atoms with van der Waals surface area (Å²) >= 11 is 0. The van der Waals surface area contributed by atoms with Crippen molar-refractivity contribution < 1.29 is 23.9 Å². The van der Waals surface area contributed by atoms with E-state index in [1.165, 1.54) is 4.90 Å². The molecule has 0 aliphatic carbocycles. The van der Waals surface area contributed by atoms with E-state index >= 15 is 0 Å². The third kappa shape index (κ3) is 8.83. The molecule has 0 spiro atoms. The molecule has 220 valence electrons. The van der Waals surface area contributed by atoms with E-state index < -0.39 is 42.1 Å². The summed E-state index contributed by atoms with van der Waals surface area (Å²) in [5.74, 6) is -0.487. The zero-order valence-electron chi connectivity index (χ0n) is 24.9. The van der Waals surface area contributed by atoms with Gasteiger partial charge in [0.25, 0.3) is 5.91 Å². The van der Waals surface area contributed by atoms with E-state index in [1.54, 1.807) is 58.2 Å². The number of nitrogens with one attached hydrogen (secondary N) is 2. The van der Waals surface area contributed by atoms with Gasteiger partial charge in [0, 0.05) is 12.1 Å². The van der Waals surface area contributed by atoms with Crippen molar-refractivity contribution in [1.29, 1.82) is 5.26 Å². The number of amides is 3. The summed E-state index contributed by atoms with van der Waals surface area (Å²) in [6.45, 7) is 8.64. The molecular weight excluding hydrogens is 532 g/mol. The third-order valence-electron chi connectivity index (χ3n) is 6.56. The monoisotopic (exact) mass is 570 g/mol. The Bertz CT molecular complexity index is 1430. The molecule has 2 N–H and O–H groups in total. The van der Waals surface area contributed by atoms with Crippen molar-refractivity contribution in [3.63, 3.8) is 0 Å². The zero-order valence-corrected chi connectivity index (χ0v) is 24.9. The standard InChI is InChI=1S/C33H38N4O5/c1-22-12-13-25(20-23(22)2)29(30(38)35-26-14-16-27(41-6)17-15-26)37(19-18-34)31(39)28(21-24-10-8-7-9-11-24)36-32(40)42-33(3,4)5/h7-17,20,28-29H,19,21H2,1-6H3,(H,35,38)(H,36,40). The van der Waals surface area contributed by atoms with Gasteiger partial charge in [-0.25, -0.2) is 4.79 Å². The van der Waals surface area contributed by atoms with Crippen LogP contribution >= 0.6 is 0 Å². The lowest BCUT2D eigenvalue weighted by Gasteiger charge is -2.33. The highest BCUT2D eigenvalue weighted by molar-refractivity contribution is 5.99.